The van der Waals surface area contributed by atoms with Gasteiger partial charge in [0.2, 0.25) is 5.91 Å². The molecule has 1 aliphatic carbocycles. The second-order valence-electron chi connectivity index (χ2n) is 5.64. The largest absolute Gasteiger partial charge is 0.341 e. The summed E-state index contributed by atoms with van der Waals surface area (Å²) < 4.78 is 0. The average molecular weight is 208 g/mol. The summed E-state index contributed by atoms with van der Waals surface area (Å²) in [5, 5.41) is 0. The molecule has 0 bridgehead atoms. The van der Waals surface area contributed by atoms with Crippen molar-refractivity contribution in [1.29, 1.82) is 0 Å². The van der Waals surface area contributed by atoms with E-state index in [1.807, 2.05) is 4.90 Å². The maximum Gasteiger partial charge on any atom is 0.222 e. The second-order valence-corrected chi connectivity index (χ2v) is 5.64. The van der Waals surface area contributed by atoms with E-state index < -0.39 is 0 Å². The van der Waals surface area contributed by atoms with Gasteiger partial charge >= 0.3 is 0 Å². The SMILES string of the molecule is CCCC(=O)N1CC2(C1)CN(C1CC1)C2. The van der Waals surface area contributed by atoms with Crippen molar-refractivity contribution in [2.24, 2.45) is 5.41 Å². The molecule has 0 atom stereocenters. The zero-order chi connectivity index (χ0) is 10.5. The molecule has 84 valence electrons. The van der Waals surface area contributed by atoms with Crippen molar-refractivity contribution >= 4 is 5.91 Å². The maximum absolute atomic E-state index is 11.6. The van der Waals surface area contributed by atoms with Gasteiger partial charge in [-0.05, 0) is 19.3 Å². The van der Waals surface area contributed by atoms with Crippen molar-refractivity contribution in [3.8, 4) is 0 Å². The molecule has 0 N–H and O–H groups in total. The zero-order valence-electron chi connectivity index (χ0n) is 9.54. The summed E-state index contributed by atoms with van der Waals surface area (Å²) in [4.78, 5) is 16.2. The molecule has 3 nitrogen and oxygen atoms in total. The van der Waals surface area contributed by atoms with E-state index in [-0.39, 0.29) is 0 Å². The Labute approximate surface area is 91.4 Å². The quantitative estimate of drug-likeness (QED) is 0.693. The molecule has 3 aliphatic rings. The second kappa shape index (κ2) is 3.21. The van der Waals surface area contributed by atoms with Crippen LogP contribution in [0.2, 0.25) is 0 Å². The summed E-state index contributed by atoms with van der Waals surface area (Å²) in [7, 11) is 0. The Kier molecular flexibility index (Phi) is 2.06. The molecule has 3 fully saturated rings. The first-order valence-corrected chi connectivity index (χ1v) is 6.24. The lowest BCUT2D eigenvalue weighted by Gasteiger charge is -2.60. The van der Waals surface area contributed by atoms with Crippen molar-refractivity contribution in [2.75, 3.05) is 26.2 Å². The minimum Gasteiger partial charge on any atom is -0.341 e. The molecule has 0 unspecified atom stereocenters. The average Bonchev–Trinajstić information content (AvgIpc) is 2.83. The molecular weight excluding hydrogens is 188 g/mol. The van der Waals surface area contributed by atoms with Crippen molar-refractivity contribution in [2.45, 2.75) is 38.6 Å². The monoisotopic (exact) mass is 208 g/mol. The number of carbonyl (C=O) groups excluding carboxylic acids is 1. The first-order valence-electron chi connectivity index (χ1n) is 6.24. The van der Waals surface area contributed by atoms with Gasteiger partial charge in [0.1, 0.15) is 0 Å². The molecule has 3 heteroatoms. The van der Waals surface area contributed by atoms with Crippen LogP contribution in [0.25, 0.3) is 0 Å². The third-order valence-corrected chi connectivity index (χ3v) is 4.01. The topological polar surface area (TPSA) is 23.6 Å². The fraction of sp³-hybridized carbons (Fsp3) is 0.917. The van der Waals surface area contributed by atoms with Crippen LogP contribution in [0.4, 0.5) is 0 Å². The molecule has 15 heavy (non-hydrogen) atoms. The van der Waals surface area contributed by atoms with Crippen LogP contribution in [-0.4, -0.2) is 47.9 Å². The van der Waals surface area contributed by atoms with Crippen molar-refractivity contribution in [3.63, 3.8) is 0 Å². The fourth-order valence-corrected chi connectivity index (χ4v) is 3.02. The Morgan fingerprint density at radius 3 is 2.47 bits per heavy atom. The Balaban J connectivity index is 1.44. The van der Waals surface area contributed by atoms with Crippen LogP contribution in [0.1, 0.15) is 32.6 Å². The number of rotatable bonds is 3. The lowest BCUT2D eigenvalue weighted by Crippen LogP contribution is -2.73. The van der Waals surface area contributed by atoms with Crippen molar-refractivity contribution in [3.05, 3.63) is 0 Å². The highest BCUT2D eigenvalue weighted by Crippen LogP contribution is 2.44. The third-order valence-electron chi connectivity index (χ3n) is 4.01. The van der Waals surface area contributed by atoms with Gasteiger partial charge in [-0.3, -0.25) is 9.69 Å². The Morgan fingerprint density at radius 1 is 1.27 bits per heavy atom. The van der Waals surface area contributed by atoms with E-state index >= 15 is 0 Å². The third kappa shape index (κ3) is 1.57. The number of likely N-dealkylation sites (tertiary alicyclic amines) is 2. The van der Waals surface area contributed by atoms with Crippen LogP contribution in [0, 0.1) is 5.41 Å². The molecule has 3 rings (SSSR count). The van der Waals surface area contributed by atoms with Gasteiger partial charge in [0.15, 0.2) is 0 Å². The van der Waals surface area contributed by atoms with Gasteiger partial charge < -0.3 is 4.90 Å². The van der Waals surface area contributed by atoms with E-state index in [1.165, 1.54) is 25.9 Å². The summed E-state index contributed by atoms with van der Waals surface area (Å²) in [6, 6.07) is 0.913. The lowest BCUT2D eigenvalue weighted by molar-refractivity contribution is -0.159. The van der Waals surface area contributed by atoms with Crippen molar-refractivity contribution in [1.82, 2.24) is 9.80 Å². The molecule has 1 spiro atoms. The van der Waals surface area contributed by atoms with E-state index in [1.54, 1.807) is 0 Å². The van der Waals surface area contributed by atoms with Gasteiger partial charge in [0.05, 0.1) is 0 Å². The van der Waals surface area contributed by atoms with Gasteiger partial charge in [-0.15, -0.1) is 0 Å². The van der Waals surface area contributed by atoms with Crippen molar-refractivity contribution < 1.29 is 4.79 Å². The molecule has 2 heterocycles. The molecular formula is C12H20N2O. The molecule has 0 radical (unpaired) electrons. The van der Waals surface area contributed by atoms with E-state index in [4.69, 9.17) is 0 Å². The zero-order valence-corrected chi connectivity index (χ0v) is 9.54. The van der Waals surface area contributed by atoms with E-state index in [0.717, 1.165) is 32.0 Å². The van der Waals surface area contributed by atoms with Crippen LogP contribution in [0.3, 0.4) is 0 Å². The van der Waals surface area contributed by atoms with E-state index in [2.05, 4.69) is 11.8 Å². The summed E-state index contributed by atoms with van der Waals surface area (Å²) in [5.41, 5.74) is 0.520. The van der Waals surface area contributed by atoms with Crippen LogP contribution in [-0.2, 0) is 4.79 Å². The minimum absolute atomic E-state index is 0.369. The van der Waals surface area contributed by atoms with Gasteiger partial charge in [-0.1, -0.05) is 6.92 Å². The molecule has 2 saturated heterocycles. The number of nitrogens with zero attached hydrogens (tertiary/aromatic N) is 2. The lowest BCUT2D eigenvalue weighted by atomic mass is 9.72. The first-order chi connectivity index (χ1) is 7.22. The fourth-order valence-electron chi connectivity index (χ4n) is 3.02. The predicted octanol–water partition coefficient (Wildman–Crippen LogP) is 1.09. The van der Waals surface area contributed by atoms with Gasteiger partial charge in [-0.2, -0.15) is 0 Å². The molecule has 0 aromatic rings. The van der Waals surface area contributed by atoms with E-state index in [9.17, 15) is 4.79 Å². The van der Waals surface area contributed by atoms with Gasteiger partial charge in [0, 0.05) is 44.1 Å². The number of hydrogen-bond donors (Lipinski definition) is 0. The number of carbonyl (C=O) groups is 1. The summed E-state index contributed by atoms with van der Waals surface area (Å²) in [5.74, 6) is 0.369. The van der Waals surface area contributed by atoms with Gasteiger partial charge in [0.25, 0.3) is 0 Å². The van der Waals surface area contributed by atoms with Crippen LogP contribution < -0.4 is 0 Å². The highest BCUT2D eigenvalue weighted by atomic mass is 16.2. The molecule has 0 aromatic heterocycles. The van der Waals surface area contributed by atoms with Crippen LogP contribution in [0.15, 0.2) is 0 Å². The summed E-state index contributed by atoms with van der Waals surface area (Å²) >= 11 is 0. The summed E-state index contributed by atoms with van der Waals surface area (Å²) in [6.07, 6.45) is 4.54. The minimum atomic E-state index is 0.369. The molecule has 2 aliphatic heterocycles. The number of amides is 1. The van der Waals surface area contributed by atoms with E-state index in [0.29, 0.717) is 11.3 Å². The molecule has 1 saturated carbocycles. The first kappa shape index (κ1) is 9.64. The van der Waals surface area contributed by atoms with Crippen LogP contribution in [0.5, 0.6) is 0 Å². The maximum atomic E-state index is 11.6. The van der Waals surface area contributed by atoms with Gasteiger partial charge in [-0.25, -0.2) is 0 Å². The Bertz CT molecular complexity index is 271. The number of hydrogen-bond acceptors (Lipinski definition) is 2. The molecule has 1 amide bonds. The highest BCUT2D eigenvalue weighted by Gasteiger charge is 2.55. The normalized spacial score (nSPS) is 28.7. The molecule has 0 aromatic carbocycles. The highest BCUT2D eigenvalue weighted by molar-refractivity contribution is 5.77. The Morgan fingerprint density at radius 2 is 1.93 bits per heavy atom. The van der Waals surface area contributed by atoms with Crippen LogP contribution >= 0.6 is 0 Å². The standard InChI is InChI=1S/C12H20N2O/c1-2-3-11(15)14-8-12(9-14)6-13(7-12)10-4-5-10/h10H,2-9H2,1H3. The Hall–Kier alpha value is -0.570. The summed E-state index contributed by atoms with van der Waals surface area (Å²) in [6.45, 7) is 6.66. The predicted molar refractivity (Wildman–Crippen MR) is 58.5 cm³/mol. The smallest absolute Gasteiger partial charge is 0.222 e.